The molecule has 0 radical (unpaired) electrons. The van der Waals surface area contributed by atoms with Gasteiger partial charge in [-0.3, -0.25) is 9.59 Å². The summed E-state index contributed by atoms with van der Waals surface area (Å²) in [5.41, 5.74) is 1.85. The second kappa shape index (κ2) is 9.33. The first-order chi connectivity index (χ1) is 13.2. The Labute approximate surface area is 160 Å². The van der Waals surface area contributed by atoms with Gasteiger partial charge in [-0.25, -0.2) is 0 Å². The molecule has 1 atom stereocenters. The summed E-state index contributed by atoms with van der Waals surface area (Å²) in [5, 5.41) is 12.2. The zero-order valence-corrected chi connectivity index (χ0v) is 15.4. The lowest BCUT2D eigenvalue weighted by molar-refractivity contribution is -0.148. The average Bonchev–Trinajstić information content (AvgIpc) is 2.73. The summed E-state index contributed by atoms with van der Waals surface area (Å²) in [6.07, 6.45) is 3.26. The number of rotatable bonds is 5. The molecule has 2 N–H and O–H groups in total. The van der Waals surface area contributed by atoms with Gasteiger partial charge >= 0.3 is 11.8 Å². The number of hydrogen-bond acceptors (Lipinski definition) is 3. The SMILES string of the molecule is O=C(NC(c1ccccc1)c1ccccc1)C(=O)N1CCCCC1CCO. The molecule has 1 aliphatic heterocycles. The van der Waals surface area contributed by atoms with Crippen molar-refractivity contribution in [2.24, 2.45) is 0 Å². The van der Waals surface area contributed by atoms with Crippen LogP contribution < -0.4 is 5.32 Å². The maximum atomic E-state index is 12.8. The van der Waals surface area contributed by atoms with Crippen molar-refractivity contribution in [3.05, 3.63) is 71.8 Å². The predicted molar refractivity (Wildman–Crippen MR) is 104 cm³/mol. The summed E-state index contributed by atoms with van der Waals surface area (Å²) in [6, 6.07) is 18.8. The summed E-state index contributed by atoms with van der Waals surface area (Å²) in [7, 11) is 0. The number of carbonyl (C=O) groups excluding carboxylic acids is 2. The van der Waals surface area contributed by atoms with E-state index in [-0.39, 0.29) is 18.7 Å². The Hall–Kier alpha value is -2.66. The second-order valence-corrected chi connectivity index (χ2v) is 6.89. The smallest absolute Gasteiger partial charge is 0.312 e. The second-order valence-electron chi connectivity index (χ2n) is 6.89. The Balaban J connectivity index is 1.79. The Bertz CT molecular complexity index is 707. The third-order valence-electron chi connectivity index (χ3n) is 5.09. The Morgan fingerprint density at radius 1 is 1.00 bits per heavy atom. The molecule has 1 fully saturated rings. The number of benzene rings is 2. The maximum Gasteiger partial charge on any atom is 0.312 e. The van der Waals surface area contributed by atoms with Gasteiger partial charge in [0.05, 0.1) is 6.04 Å². The van der Waals surface area contributed by atoms with Crippen molar-refractivity contribution in [1.29, 1.82) is 0 Å². The Morgan fingerprint density at radius 2 is 1.59 bits per heavy atom. The van der Waals surface area contributed by atoms with Gasteiger partial charge < -0.3 is 15.3 Å². The Morgan fingerprint density at radius 3 is 2.15 bits per heavy atom. The van der Waals surface area contributed by atoms with Crippen molar-refractivity contribution >= 4 is 11.8 Å². The molecule has 1 heterocycles. The number of likely N-dealkylation sites (tertiary alicyclic amines) is 1. The highest BCUT2D eigenvalue weighted by molar-refractivity contribution is 6.35. The van der Waals surface area contributed by atoms with Crippen LogP contribution in [0.4, 0.5) is 0 Å². The van der Waals surface area contributed by atoms with Crippen molar-refractivity contribution < 1.29 is 14.7 Å². The van der Waals surface area contributed by atoms with Crippen LogP contribution in [-0.4, -0.2) is 41.0 Å². The van der Waals surface area contributed by atoms with E-state index in [2.05, 4.69) is 5.32 Å². The molecule has 5 heteroatoms. The van der Waals surface area contributed by atoms with Crippen LogP contribution in [0, 0.1) is 0 Å². The molecular formula is C22H26N2O3. The molecule has 0 aliphatic carbocycles. The van der Waals surface area contributed by atoms with Gasteiger partial charge in [0, 0.05) is 19.2 Å². The lowest BCUT2D eigenvalue weighted by Gasteiger charge is -2.35. The monoisotopic (exact) mass is 366 g/mol. The number of hydrogen-bond donors (Lipinski definition) is 2. The normalized spacial score (nSPS) is 17.0. The van der Waals surface area contributed by atoms with E-state index in [4.69, 9.17) is 0 Å². The highest BCUT2D eigenvalue weighted by atomic mass is 16.3. The van der Waals surface area contributed by atoms with Crippen LogP contribution in [0.5, 0.6) is 0 Å². The van der Waals surface area contributed by atoms with Crippen LogP contribution in [0.25, 0.3) is 0 Å². The lowest BCUT2D eigenvalue weighted by atomic mass is 9.98. The van der Waals surface area contributed by atoms with E-state index in [0.717, 1.165) is 30.4 Å². The highest BCUT2D eigenvalue weighted by Gasteiger charge is 2.31. The van der Waals surface area contributed by atoms with Crippen molar-refractivity contribution in [3.8, 4) is 0 Å². The van der Waals surface area contributed by atoms with E-state index in [0.29, 0.717) is 13.0 Å². The van der Waals surface area contributed by atoms with Gasteiger partial charge in [-0.2, -0.15) is 0 Å². The molecule has 2 aromatic carbocycles. The van der Waals surface area contributed by atoms with Crippen LogP contribution in [0.15, 0.2) is 60.7 Å². The topological polar surface area (TPSA) is 69.6 Å². The molecule has 0 saturated carbocycles. The molecule has 27 heavy (non-hydrogen) atoms. The first-order valence-electron chi connectivity index (χ1n) is 9.53. The minimum Gasteiger partial charge on any atom is -0.396 e. The zero-order chi connectivity index (χ0) is 19.1. The van der Waals surface area contributed by atoms with Crippen LogP contribution in [0.1, 0.15) is 42.9 Å². The fourth-order valence-electron chi connectivity index (χ4n) is 3.69. The molecule has 1 aliphatic rings. The van der Waals surface area contributed by atoms with Gasteiger partial charge in [-0.15, -0.1) is 0 Å². The van der Waals surface area contributed by atoms with Crippen LogP contribution in [-0.2, 0) is 9.59 Å². The third-order valence-corrected chi connectivity index (χ3v) is 5.09. The molecule has 3 rings (SSSR count). The minimum absolute atomic E-state index is 0.0206. The zero-order valence-electron chi connectivity index (χ0n) is 15.4. The summed E-state index contributed by atoms with van der Waals surface area (Å²) >= 11 is 0. The first-order valence-corrected chi connectivity index (χ1v) is 9.53. The minimum atomic E-state index is -0.599. The van der Waals surface area contributed by atoms with E-state index in [1.54, 1.807) is 4.90 Å². The third kappa shape index (κ3) is 4.74. The fraction of sp³-hybridized carbons (Fsp3) is 0.364. The highest BCUT2D eigenvalue weighted by Crippen LogP contribution is 2.23. The molecule has 0 spiro atoms. The van der Waals surface area contributed by atoms with Crippen LogP contribution in [0.3, 0.4) is 0 Å². The van der Waals surface area contributed by atoms with Crippen molar-refractivity contribution in [1.82, 2.24) is 10.2 Å². The van der Waals surface area contributed by atoms with E-state index >= 15 is 0 Å². The summed E-state index contributed by atoms with van der Waals surface area (Å²) in [6.45, 7) is 0.588. The van der Waals surface area contributed by atoms with Gasteiger partial charge in [-0.1, -0.05) is 60.7 Å². The van der Waals surface area contributed by atoms with Gasteiger partial charge in [0.2, 0.25) is 0 Å². The van der Waals surface area contributed by atoms with Gasteiger partial charge in [0.25, 0.3) is 0 Å². The molecule has 0 bridgehead atoms. The van der Waals surface area contributed by atoms with Crippen molar-refractivity contribution in [3.63, 3.8) is 0 Å². The average molecular weight is 366 g/mol. The summed E-state index contributed by atoms with van der Waals surface area (Å²) in [5.74, 6) is -1.11. The van der Waals surface area contributed by atoms with Crippen LogP contribution in [0.2, 0.25) is 0 Å². The maximum absolute atomic E-state index is 12.8. The fourth-order valence-corrected chi connectivity index (χ4v) is 3.69. The number of nitrogens with zero attached hydrogens (tertiary/aromatic N) is 1. The molecule has 2 amide bonds. The number of aliphatic hydroxyl groups excluding tert-OH is 1. The quantitative estimate of drug-likeness (QED) is 0.800. The van der Waals surface area contributed by atoms with Crippen LogP contribution >= 0.6 is 0 Å². The number of nitrogens with one attached hydrogen (secondary N) is 1. The van der Waals surface area contributed by atoms with Gasteiger partial charge in [0.15, 0.2) is 0 Å². The molecular weight excluding hydrogens is 340 g/mol. The largest absolute Gasteiger partial charge is 0.396 e. The lowest BCUT2D eigenvalue weighted by Crippen LogP contribution is -2.50. The summed E-state index contributed by atoms with van der Waals surface area (Å²) < 4.78 is 0. The van der Waals surface area contributed by atoms with Crippen molar-refractivity contribution in [2.45, 2.75) is 37.8 Å². The van der Waals surface area contributed by atoms with E-state index in [1.807, 2.05) is 60.7 Å². The summed E-state index contributed by atoms with van der Waals surface area (Å²) in [4.78, 5) is 27.2. The standard InChI is InChI=1S/C22H26N2O3/c25-16-14-19-13-7-8-15-24(19)22(27)21(26)23-20(17-9-3-1-4-10-17)18-11-5-2-6-12-18/h1-6,9-12,19-20,25H,7-8,13-16H2,(H,23,26). The number of aliphatic hydroxyl groups is 1. The van der Waals surface area contributed by atoms with E-state index in [1.165, 1.54) is 0 Å². The molecule has 5 nitrogen and oxygen atoms in total. The molecule has 1 unspecified atom stereocenters. The number of carbonyl (C=O) groups is 2. The number of amides is 2. The van der Waals surface area contributed by atoms with Gasteiger partial charge in [-0.05, 0) is 36.8 Å². The van der Waals surface area contributed by atoms with Crippen molar-refractivity contribution in [2.75, 3.05) is 13.2 Å². The molecule has 1 saturated heterocycles. The molecule has 2 aromatic rings. The molecule has 142 valence electrons. The van der Waals surface area contributed by atoms with Gasteiger partial charge in [0.1, 0.15) is 0 Å². The first kappa shape index (κ1) is 19.1. The van der Waals surface area contributed by atoms with E-state index < -0.39 is 11.8 Å². The van der Waals surface area contributed by atoms with E-state index in [9.17, 15) is 14.7 Å². The molecule has 0 aromatic heterocycles. The predicted octanol–water partition coefficient (Wildman–Crippen LogP) is 2.66. The number of piperidine rings is 1. The Kier molecular flexibility index (Phi) is 6.60.